The van der Waals surface area contributed by atoms with Crippen molar-refractivity contribution < 1.29 is 4.79 Å². The number of thiazole rings is 1. The number of hydrogen-bond donors (Lipinski definition) is 2. The maximum atomic E-state index is 11.8. The number of carbonyl (C=O) groups is 1. The van der Waals surface area contributed by atoms with E-state index >= 15 is 0 Å². The molecule has 22 heavy (non-hydrogen) atoms. The summed E-state index contributed by atoms with van der Waals surface area (Å²) in [5, 5.41) is 4.87. The van der Waals surface area contributed by atoms with Crippen LogP contribution in [-0.4, -0.2) is 16.9 Å². The van der Waals surface area contributed by atoms with Crippen LogP contribution in [0.5, 0.6) is 0 Å². The lowest BCUT2D eigenvalue weighted by Crippen LogP contribution is -2.35. The van der Waals surface area contributed by atoms with Crippen molar-refractivity contribution in [1.82, 2.24) is 4.98 Å². The smallest absolute Gasteiger partial charge is 0.241 e. The largest absolute Gasteiger partial charge is 0.325 e. The molecule has 0 aliphatic heterocycles. The highest BCUT2D eigenvalue weighted by molar-refractivity contribution is 8.01. The summed E-state index contributed by atoms with van der Waals surface area (Å²) in [5.41, 5.74) is 7.59. The average molecular weight is 358 g/mol. The minimum atomic E-state index is -0.442. The number of hydrogen-bond acceptors (Lipinski definition) is 5. The molecule has 0 saturated carbocycles. The third-order valence-electron chi connectivity index (χ3n) is 2.86. The molecule has 7 heteroatoms. The van der Waals surface area contributed by atoms with Gasteiger partial charge in [-0.25, -0.2) is 4.98 Å². The van der Waals surface area contributed by atoms with E-state index in [4.69, 9.17) is 5.73 Å². The van der Waals surface area contributed by atoms with Gasteiger partial charge in [0, 0.05) is 21.7 Å². The molecule has 2 aromatic rings. The fraction of sp³-hybridized carbons (Fsp3) is 0.333. The van der Waals surface area contributed by atoms with Gasteiger partial charge in [0.15, 0.2) is 4.34 Å². The highest BCUT2D eigenvalue weighted by Gasteiger charge is 2.12. The van der Waals surface area contributed by atoms with Crippen molar-refractivity contribution >= 4 is 47.1 Å². The molecule has 0 aliphatic rings. The average Bonchev–Trinajstić information content (AvgIpc) is 2.86. The molecule has 1 amide bonds. The molecule has 1 unspecified atom stereocenters. The number of halogens is 1. The number of nitrogens with zero attached hydrogens (tertiary/aromatic N) is 1. The fourth-order valence-electron chi connectivity index (χ4n) is 1.76. The Labute approximate surface area is 145 Å². The van der Waals surface area contributed by atoms with Gasteiger partial charge in [-0.2, -0.15) is 0 Å². The molecule has 1 aromatic carbocycles. The molecule has 120 valence electrons. The van der Waals surface area contributed by atoms with Crippen LogP contribution < -0.4 is 11.1 Å². The van der Waals surface area contributed by atoms with Gasteiger partial charge < -0.3 is 11.1 Å². The summed E-state index contributed by atoms with van der Waals surface area (Å²) in [5.74, 6) is -0.132. The number of nitrogens with two attached hydrogens (primary N) is 1. The molecule has 0 aliphatic carbocycles. The van der Waals surface area contributed by atoms with Crippen LogP contribution >= 0.6 is 35.5 Å². The Morgan fingerprint density at radius 2 is 2.09 bits per heavy atom. The topological polar surface area (TPSA) is 68.0 Å². The van der Waals surface area contributed by atoms with E-state index in [0.717, 1.165) is 27.0 Å². The minimum Gasteiger partial charge on any atom is -0.325 e. The monoisotopic (exact) mass is 357 g/mol. The molecule has 0 saturated heterocycles. The first-order valence-electron chi connectivity index (χ1n) is 6.85. The summed E-state index contributed by atoms with van der Waals surface area (Å²) in [6.07, 6.45) is 1.60. The quantitative estimate of drug-likeness (QED) is 0.817. The highest BCUT2D eigenvalue weighted by atomic mass is 35.5. The standard InChI is InChI=1S/C15H19N3OS2.ClH/c1-3-4-13(16)14(19)18-11-5-7-12(8-6-11)21-15-17-10(2)9-20-15;/h5-9,13H,3-4,16H2,1-2H3,(H,18,19);1H. The van der Waals surface area contributed by atoms with Gasteiger partial charge in [-0.3, -0.25) is 4.79 Å². The van der Waals surface area contributed by atoms with Crippen molar-refractivity contribution in [3.63, 3.8) is 0 Å². The van der Waals surface area contributed by atoms with Crippen molar-refractivity contribution in [3.05, 3.63) is 35.3 Å². The number of aryl methyl sites for hydroxylation is 1. The van der Waals surface area contributed by atoms with Crippen LogP contribution in [0.4, 0.5) is 5.69 Å². The van der Waals surface area contributed by atoms with Gasteiger partial charge >= 0.3 is 0 Å². The number of nitrogens with one attached hydrogen (secondary N) is 1. The number of anilines is 1. The molecule has 0 fully saturated rings. The number of aromatic nitrogens is 1. The van der Waals surface area contributed by atoms with Crippen LogP contribution in [-0.2, 0) is 4.79 Å². The van der Waals surface area contributed by atoms with E-state index in [1.165, 1.54) is 0 Å². The van der Waals surface area contributed by atoms with Crippen LogP contribution in [0.25, 0.3) is 0 Å². The van der Waals surface area contributed by atoms with Crippen LogP contribution in [0.15, 0.2) is 38.9 Å². The Hall–Kier alpha value is -1.08. The van der Waals surface area contributed by atoms with E-state index in [1.54, 1.807) is 23.1 Å². The van der Waals surface area contributed by atoms with E-state index in [0.29, 0.717) is 6.42 Å². The van der Waals surface area contributed by atoms with Crippen LogP contribution in [0.2, 0.25) is 0 Å². The molecule has 4 nitrogen and oxygen atoms in total. The first-order chi connectivity index (χ1) is 10.1. The number of rotatable bonds is 6. The van der Waals surface area contributed by atoms with Gasteiger partial charge in [-0.1, -0.05) is 25.1 Å². The lowest BCUT2D eigenvalue weighted by molar-refractivity contribution is -0.117. The van der Waals surface area contributed by atoms with Gasteiger partial charge in [0.05, 0.1) is 6.04 Å². The zero-order chi connectivity index (χ0) is 15.2. The van der Waals surface area contributed by atoms with Gasteiger partial charge in [0.1, 0.15) is 0 Å². The third-order valence-corrected chi connectivity index (χ3v) is 4.93. The molecule has 0 radical (unpaired) electrons. The Bertz CT molecular complexity index is 601. The Kier molecular flexibility index (Phi) is 7.89. The second-order valence-electron chi connectivity index (χ2n) is 4.77. The minimum absolute atomic E-state index is 0. The molecular formula is C15H20ClN3OS2. The first kappa shape index (κ1) is 19.0. The molecule has 1 aromatic heterocycles. The van der Waals surface area contributed by atoms with E-state index in [9.17, 15) is 4.79 Å². The van der Waals surface area contributed by atoms with E-state index < -0.39 is 6.04 Å². The van der Waals surface area contributed by atoms with Crippen molar-refractivity contribution in [2.24, 2.45) is 5.73 Å². The summed E-state index contributed by atoms with van der Waals surface area (Å²) in [4.78, 5) is 17.3. The molecule has 0 bridgehead atoms. The Morgan fingerprint density at radius 1 is 1.41 bits per heavy atom. The number of carbonyl (C=O) groups excluding carboxylic acids is 1. The van der Waals surface area contributed by atoms with Gasteiger partial charge in [0.2, 0.25) is 5.91 Å². The number of benzene rings is 1. The molecule has 1 heterocycles. The zero-order valence-electron chi connectivity index (χ0n) is 12.5. The molecule has 2 rings (SSSR count). The predicted molar refractivity (Wildman–Crippen MR) is 96.2 cm³/mol. The summed E-state index contributed by atoms with van der Waals surface area (Å²) in [6.45, 7) is 4.00. The highest BCUT2D eigenvalue weighted by Crippen LogP contribution is 2.30. The van der Waals surface area contributed by atoms with Crippen LogP contribution in [0.1, 0.15) is 25.5 Å². The SMILES string of the molecule is CCCC(N)C(=O)Nc1ccc(Sc2nc(C)cs2)cc1.Cl. The third kappa shape index (κ3) is 5.61. The summed E-state index contributed by atoms with van der Waals surface area (Å²) in [6, 6.07) is 7.28. The first-order valence-corrected chi connectivity index (χ1v) is 8.54. The Morgan fingerprint density at radius 3 is 2.64 bits per heavy atom. The molecule has 3 N–H and O–H groups in total. The van der Waals surface area contributed by atoms with Crippen molar-refractivity contribution in [2.75, 3.05) is 5.32 Å². The maximum Gasteiger partial charge on any atom is 0.241 e. The predicted octanol–water partition coefficient (Wildman–Crippen LogP) is 4.09. The van der Waals surface area contributed by atoms with Gasteiger partial charge in [-0.15, -0.1) is 23.7 Å². The van der Waals surface area contributed by atoms with Crippen molar-refractivity contribution in [2.45, 2.75) is 42.0 Å². The second kappa shape index (κ2) is 9.15. The lowest BCUT2D eigenvalue weighted by Gasteiger charge is -2.11. The fourth-order valence-corrected chi connectivity index (χ4v) is 3.57. The Balaban J connectivity index is 0.00000242. The molecule has 0 spiro atoms. The molecular weight excluding hydrogens is 338 g/mol. The van der Waals surface area contributed by atoms with E-state index in [-0.39, 0.29) is 18.3 Å². The van der Waals surface area contributed by atoms with E-state index in [2.05, 4.69) is 10.3 Å². The summed E-state index contributed by atoms with van der Waals surface area (Å²) >= 11 is 3.25. The van der Waals surface area contributed by atoms with Crippen LogP contribution in [0.3, 0.4) is 0 Å². The zero-order valence-corrected chi connectivity index (χ0v) is 15.0. The summed E-state index contributed by atoms with van der Waals surface area (Å²) in [7, 11) is 0. The molecule has 1 atom stereocenters. The second-order valence-corrected chi connectivity index (χ2v) is 6.94. The normalized spacial score (nSPS) is 11.6. The van der Waals surface area contributed by atoms with Crippen molar-refractivity contribution in [3.8, 4) is 0 Å². The summed E-state index contributed by atoms with van der Waals surface area (Å²) < 4.78 is 1.02. The van der Waals surface area contributed by atoms with Gasteiger partial charge in [0.25, 0.3) is 0 Å². The lowest BCUT2D eigenvalue weighted by atomic mass is 10.1. The van der Waals surface area contributed by atoms with Crippen molar-refractivity contribution in [1.29, 1.82) is 0 Å². The number of amides is 1. The maximum absolute atomic E-state index is 11.8. The van der Waals surface area contributed by atoms with E-state index in [1.807, 2.05) is 43.5 Å². The van der Waals surface area contributed by atoms with Gasteiger partial charge in [-0.05, 0) is 37.6 Å². The van der Waals surface area contributed by atoms with Crippen LogP contribution in [0, 0.1) is 6.92 Å².